The Morgan fingerprint density at radius 1 is 1.18 bits per heavy atom. The Bertz CT molecular complexity index is 814. The molecular weight excluding hydrogens is 374 g/mol. The van der Waals surface area contributed by atoms with Crippen LogP contribution in [0.1, 0.15) is 56.4 Å². The van der Waals surface area contributed by atoms with Crippen molar-refractivity contribution in [1.82, 2.24) is 10.2 Å². The third kappa shape index (κ3) is 3.89. The van der Waals surface area contributed by atoms with E-state index in [1.807, 2.05) is 23.1 Å². The van der Waals surface area contributed by atoms with Gasteiger partial charge in [-0.3, -0.25) is 9.59 Å². The Hall–Kier alpha value is -2.06. The SMILES string of the molecule is N#CC1(NC(=O)C2CCCC[C@H]2C(=O)N2CCC(c3cccc(Cl)c3)C2)CC1. The van der Waals surface area contributed by atoms with Crippen LogP contribution in [0.25, 0.3) is 0 Å². The second-order valence-corrected chi connectivity index (χ2v) is 8.94. The number of rotatable bonds is 4. The number of nitrogens with one attached hydrogen (secondary N) is 1. The van der Waals surface area contributed by atoms with Gasteiger partial charge in [0, 0.05) is 35.9 Å². The van der Waals surface area contributed by atoms with Gasteiger partial charge in [0.2, 0.25) is 11.8 Å². The zero-order valence-electron chi connectivity index (χ0n) is 16.0. The van der Waals surface area contributed by atoms with Crippen molar-refractivity contribution in [2.24, 2.45) is 11.8 Å². The molecule has 2 aliphatic carbocycles. The Morgan fingerprint density at radius 2 is 1.93 bits per heavy atom. The summed E-state index contributed by atoms with van der Waals surface area (Å²) in [7, 11) is 0. The second-order valence-electron chi connectivity index (χ2n) is 8.51. The van der Waals surface area contributed by atoms with Crippen molar-refractivity contribution >= 4 is 23.4 Å². The summed E-state index contributed by atoms with van der Waals surface area (Å²) >= 11 is 6.12. The van der Waals surface area contributed by atoms with Crippen molar-refractivity contribution in [2.75, 3.05) is 13.1 Å². The molecule has 1 aliphatic heterocycles. The molecule has 3 aliphatic rings. The maximum Gasteiger partial charge on any atom is 0.226 e. The zero-order chi connectivity index (χ0) is 19.7. The lowest BCUT2D eigenvalue weighted by molar-refractivity contribution is -0.143. The van der Waals surface area contributed by atoms with Crippen molar-refractivity contribution in [1.29, 1.82) is 5.26 Å². The lowest BCUT2D eigenvalue weighted by Crippen LogP contribution is -2.47. The molecule has 5 nitrogen and oxygen atoms in total. The number of nitriles is 1. The number of hydrogen-bond acceptors (Lipinski definition) is 3. The van der Waals surface area contributed by atoms with Crippen LogP contribution in [0.3, 0.4) is 0 Å². The van der Waals surface area contributed by atoms with Crippen molar-refractivity contribution in [2.45, 2.75) is 56.4 Å². The first-order chi connectivity index (χ1) is 13.5. The summed E-state index contributed by atoms with van der Waals surface area (Å²) in [6.45, 7) is 1.41. The first-order valence-electron chi connectivity index (χ1n) is 10.3. The molecule has 1 aromatic carbocycles. The molecule has 1 saturated heterocycles. The Balaban J connectivity index is 1.42. The molecule has 1 aromatic rings. The minimum atomic E-state index is -0.673. The Labute approximate surface area is 171 Å². The van der Waals surface area contributed by atoms with Gasteiger partial charge in [-0.15, -0.1) is 0 Å². The fourth-order valence-electron chi connectivity index (χ4n) is 4.69. The number of likely N-dealkylation sites (tertiary alicyclic amines) is 1. The smallest absolute Gasteiger partial charge is 0.226 e. The van der Waals surface area contributed by atoms with E-state index in [9.17, 15) is 14.9 Å². The average molecular weight is 400 g/mol. The van der Waals surface area contributed by atoms with E-state index in [0.29, 0.717) is 25.3 Å². The van der Waals surface area contributed by atoms with Gasteiger partial charge < -0.3 is 10.2 Å². The Morgan fingerprint density at radius 3 is 2.61 bits per heavy atom. The van der Waals surface area contributed by atoms with Crippen molar-refractivity contribution in [3.8, 4) is 6.07 Å². The summed E-state index contributed by atoms with van der Waals surface area (Å²) in [5.41, 5.74) is 0.499. The highest BCUT2D eigenvalue weighted by Crippen LogP contribution is 2.38. The summed E-state index contributed by atoms with van der Waals surface area (Å²) in [5, 5.41) is 12.9. The fraction of sp³-hybridized carbons (Fsp3) is 0.591. The van der Waals surface area contributed by atoms with Crippen molar-refractivity contribution in [3.05, 3.63) is 34.9 Å². The van der Waals surface area contributed by atoms with Gasteiger partial charge in [0.15, 0.2) is 0 Å². The molecule has 3 atom stereocenters. The van der Waals surface area contributed by atoms with E-state index < -0.39 is 5.54 Å². The third-order valence-electron chi connectivity index (χ3n) is 6.57. The number of amides is 2. The second kappa shape index (κ2) is 7.75. The van der Waals surface area contributed by atoms with Gasteiger partial charge in [0.05, 0.1) is 6.07 Å². The average Bonchev–Trinajstić information content (AvgIpc) is 3.31. The highest BCUT2D eigenvalue weighted by atomic mass is 35.5. The molecule has 28 heavy (non-hydrogen) atoms. The van der Waals surface area contributed by atoms with Crippen LogP contribution in [0.5, 0.6) is 0 Å². The number of benzene rings is 1. The molecule has 0 aromatic heterocycles. The molecule has 1 N–H and O–H groups in total. The monoisotopic (exact) mass is 399 g/mol. The molecule has 0 radical (unpaired) electrons. The molecule has 4 rings (SSSR count). The highest BCUT2D eigenvalue weighted by molar-refractivity contribution is 6.30. The Kier molecular flexibility index (Phi) is 5.33. The first kappa shape index (κ1) is 19.3. The predicted octanol–water partition coefficient (Wildman–Crippen LogP) is 3.63. The molecule has 2 saturated carbocycles. The summed E-state index contributed by atoms with van der Waals surface area (Å²) < 4.78 is 0. The molecule has 0 spiro atoms. The van der Waals surface area contributed by atoms with Gasteiger partial charge in [-0.2, -0.15) is 5.26 Å². The summed E-state index contributed by atoms with van der Waals surface area (Å²) in [4.78, 5) is 28.0. The highest BCUT2D eigenvalue weighted by Gasteiger charge is 2.47. The summed E-state index contributed by atoms with van der Waals surface area (Å²) in [6, 6.07) is 10.1. The molecular formula is C22H26ClN3O2. The van der Waals surface area contributed by atoms with Gasteiger partial charge in [-0.1, -0.05) is 36.6 Å². The van der Waals surface area contributed by atoms with Crippen molar-refractivity contribution in [3.63, 3.8) is 0 Å². The molecule has 2 amide bonds. The molecule has 3 fully saturated rings. The van der Waals surface area contributed by atoms with Gasteiger partial charge >= 0.3 is 0 Å². The minimum absolute atomic E-state index is 0.103. The molecule has 0 bridgehead atoms. The number of hydrogen-bond donors (Lipinski definition) is 1. The normalized spacial score (nSPS) is 28.4. The molecule has 6 heteroatoms. The van der Waals surface area contributed by atoms with Crippen LogP contribution in [0.15, 0.2) is 24.3 Å². The van der Waals surface area contributed by atoms with Gasteiger partial charge in [0.1, 0.15) is 5.54 Å². The van der Waals surface area contributed by atoms with Gasteiger partial charge in [-0.05, 0) is 49.8 Å². The quantitative estimate of drug-likeness (QED) is 0.840. The van der Waals surface area contributed by atoms with Crippen LogP contribution in [-0.2, 0) is 9.59 Å². The van der Waals surface area contributed by atoms with E-state index in [2.05, 4.69) is 17.5 Å². The zero-order valence-corrected chi connectivity index (χ0v) is 16.8. The van der Waals surface area contributed by atoms with Crippen LogP contribution in [0, 0.1) is 23.2 Å². The maximum absolute atomic E-state index is 13.3. The molecule has 2 unspecified atom stereocenters. The van der Waals surface area contributed by atoms with Crippen molar-refractivity contribution < 1.29 is 9.59 Å². The molecule has 1 heterocycles. The van der Waals surface area contributed by atoms with E-state index in [0.717, 1.165) is 43.7 Å². The van der Waals surface area contributed by atoms with Crippen LogP contribution < -0.4 is 5.32 Å². The predicted molar refractivity (Wildman–Crippen MR) is 107 cm³/mol. The largest absolute Gasteiger partial charge is 0.342 e. The number of nitrogens with zero attached hydrogens (tertiary/aromatic N) is 2. The first-order valence-corrected chi connectivity index (χ1v) is 10.7. The van der Waals surface area contributed by atoms with Crippen LogP contribution in [0.4, 0.5) is 0 Å². The lowest BCUT2D eigenvalue weighted by atomic mass is 9.77. The third-order valence-corrected chi connectivity index (χ3v) is 6.80. The number of carbonyl (C=O) groups excluding carboxylic acids is 2. The van der Waals surface area contributed by atoms with Crippen LogP contribution >= 0.6 is 11.6 Å². The van der Waals surface area contributed by atoms with E-state index in [1.54, 1.807) is 0 Å². The van der Waals surface area contributed by atoms with E-state index in [4.69, 9.17) is 11.6 Å². The standard InChI is InChI=1S/C22H26ClN3O2/c23-17-5-3-4-15(12-17)16-8-11-26(13-16)21(28)19-7-2-1-6-18(19)20(27)25-22(14-24)9-10-22/h3-5,12,16,18-19H,1-2,6-11,13H2,(H,25,27)/t16?,18?,19-/m1/s1. The number of halogens is 1. The minimum Gasteiger partial charge on any atom is -0.342 e. The van der Waals surface area contributed by atoms with Gasteiger partial charge in [0.25, 0.3) is 0 Å². The maximum atomic E-state index is 13.3. The van der Waals surface area contributed by atoms with E-state index in [1.165, 1.54) is 5.56 Å². The lowest BCUT2D eigenvalue weighted by Gasteiger charge is -2.33. The fourth-order valence-corrected chi connectivity index (χ4v) is 4.88. The molecule has 148 valence electrons. The topological polar surface area (TPSA) is 73.2 Å². The summed E-state index contributed by atoms with van der Waals surface area (Å²) in [6.07, 6.45) is 5.79. The summed E-state index contributed by atoms with van der Waals surface area (Å²) in [5.74, 6) is -0.278. The van der Waals surface area contributed by atoms with Crippen LogP contribution in [-0.4, -0.2) is 35.3 Å². The van der Waals surface area contributed by atoms with E-state index >= 15 is 0 Å². The number of carbonyl (C=O) groups is 2. The van der Waals surface area contributed by atoms with Crippen LogP contribution in [0.2, 0.25) is 5.02 Å². The van der Waals surface area contributed by atoms with Gasteiger partial charge in [-0.25, -0.2) is 0 Å². The van der Waals surface area contributed by atoms with E-state index in [-0.39, 0.29) is 23.7 Å².